The van der Waals surface area contributed by atoms with E-state index in [4.69, 9.17) is 4.74 Å². The number of rotatable bonds is 4. The Labute approximate surface area is 113 Å². The van der Waals surface area contributed by atoms with Crippen molar-refractivity contribution in [1.29, 1.82) is 0 Å². The van der Waals surface area contributed by atoms with E-state index in [9.17, 15) is 0 Å². The molecule has 0 fully saturated rings. The third-order valence-electron chi connectivity index (χ3n) is 3.19. The Morgan fingerprint density at radius 1 is 1.17 bits per heavy atom. The monoisotopic (exact) mass is 261 g/mol. The third kappa shape index (κ3) is 2.42. The highest BCUT2D eigenvalue weighted by Gasteiger charge is 2.15. The maximum Gasteiger partial charge on any atom is 0.124 e. The number of thiophene rings is 1. The standard InChI is InChI=1S/C15H19NOS/c1-10-7-13(8-11(2)15(10)17-4)14(16-3)12-5-6-18-9-12/h5-9,14,16H,1-4H3. The van der Waals surface area contributed by atoms with Gasteiger partial charge in [-0.25, -0.2) is 0 Å². The highest BCUT2D eigenvalue weighted by molar-refractivity contribution is 7.08. The summed E-state index contributed by atoms with van der Waals surface area (Å²) in [6.07, 6.45) is 0. The molecule has 0 aliphatic carbocycles. The van der Waals surface area contributed by atoms with Crippen LogP contribution in [-0.2, 0) is 0 Å². The third-order valence-corrected chi connectivity index (χ3v) is 3.89. The summed E-state index contributed by atoms with van der Waals surface area (Å²) in [5.74, 6) is 0.985. The largest absolute Gasteiger partial charge is 0.496 e. The predicted molar refractivity (Wildman–Crippen MR) is 77.7 cm³/mol. The van der Waals surface area contributed by atoms with E-state index in [0.29, 0.717) is 0 Å². The summed E-state index contributed by atoms with van der Waals surface area (Å²) in [5.41, 5.74) is 4.96. The van der Waals surface area contributed by atoms with E-state index in [-0.39, 0.29) is 6.04 Å². The number of ether oxygens (including phenoxy) is 1. The fraction of sp³-hybridized carbons (Fsp3) is 0.333. The van der Waals surface area contributed by atoms with E-state index < -0.39 is 0 Å². The van der Waals surface area contributed by atoms with Gasteiger partial charge in [0.1, 0.15) is 5.75 Å². The Balaban J connectivity index is 2.44. The van der Waals surface area contributed by atoms with E-state index in [1.54, 1.807) is 18.4 Å². The Bertz CT molecular complexity index is 496. The predicted octanol–water partition coefficient (Wildman–Crippen LogP) is 3.68. The molecule has 18 heavy (non-hydrogen) atoms. The first-order chi connectivity index (χ1) is 8.67. The van der Waals surface area contributed by atoms with Gasteiger partial charge < -0.3 is 10.1 Å². The van der Waals surface area contributed by atoms with Gasteiger partial charge >= 0.3 is 0 Å². The molecule has 1 aromatic carbocycles. The molecule has 3 heteroatoms. The number of aryl methyl sites for hydroxylation is 2. The van der Waals surface area contributed by atoms with Crippen LogP contribution in [0.4, 0.5) is 0 Å². The van der Waals surface area contributed by atoms with Crippen molar-refractivity contribution in [2.45, 2.75) is 19.9 Å². The van der Waals surface area contributed by atoms with Crippen molar-refractivity contribution in [3.05, 3.63) is 51.2 Å². The van der Waals surface area contributed by atoms with Crippen LogP contribution in [0.2, 0.25) is 0 Å². The Hall–Kier alpha value is -1.32. The summed E-state index contributed by atoms with van der Waals surface area (Å²) in [4.78, 5) is 0. The fourth-order valence-corrected chi connectivity index (χ4v) is 3.12. The second-order valence-corrected chi connectivity index (χ2v) is 5.25. The average Bonchev–Trinajstić information content (AvgIpc) is 2.83. The molecule has 0 aliphatic heterocycles. The van der Waals surface area contributed by atoms with E-state index in [2.05, 4.69) is 48.1 Å². The molecule has 1 aromatic heterocycles. The zero-order valence-electron chi connectivity index (χ0n) is 11.3. The summed E-state index contributed by atoms with van der Waals surface area (Å²) >= 11 is 1.73. The first-order valence-electron chi connectivity index (χ1n) is 6.02. The van der Waals surface area contributed by atoms with Gasteiger partial charge in [-0.1, -0.05) is 12.1 Å². The van der Waals surface area contributed by atoms with E-state index in [1.165, 1.54) is 22.3 Å². The van der Waals surface area contributed by atoms with Crippen LogP contribution in [0.1, 0.15) is 28.3 Å². The zero-order valence-corrected chi connectivity index (χ0v) is 12.1. The van der Waals surface area contributed by atoms with Crippen molar-refractivity contribution >= 4 is 11.3 Å². The molecule has 1 heterocycles. The van der Waals surface area contributed by atoms with Crippen LogP contribution in [0.3, 0.4) is 0 Å². The SMILES string of the molecule is CNC(c1ccsc1)c1cc(C)c(OC)c(C)c1. The van der Waals surface area contributed by atoms with Crippen LogP contribution in [-0.4, -0.2) is 14.2 Å². The topological polar surface area (TPSA) is 21.3 Å². The summed E-state index contributed by atoms with van der Waals surface area (Å²) in [7, 11) is 3.72. The van der Waals surface area contributed by atoms with Crippen LogP contribution in [0, 0.1) is 13.8 Å². The molecule has 0 saturated carbocycles. The fourth-order valence-electron chi connectivity index (χ4n) is 2.44. The lowest BCUT2D eigenvalue weighted by Crippen LogP contribution is -2.17. The molecule has 0 aliphatic rings. The number of hydrogen-bond donors (Lipinski definition) is 1. The van der Waals surface area contributed by atoms with Gasteiger partial charge in [0.15, 0.2) is 0 Å². The maximum absolute atomic E-state index is 5.42. The molecule has 2 nitrogen and oxygen atoms in total. The van der Waals surface area contributed by atoms with E-state index >= 15 is 0 Å². The molecule has 0 amide bonds. The molecular formula is C15H19NOS. The average molecular weight is 261 g/mol. The second-order valence-electron chi connectivity index (χ2n) is 4.47. The minimum absolute atomic E-state index is 0.250. The molecule has 1 atom stereocenters. The summed E-state index contributed by atoms with van der Waals surface area (Å²) in [6.45, 7) is 4.19. The number of methoxy groups -OCH3 is 1. The number of nitrogens with one attached hydrogen (secondary N) is 1. The maximum atomic E-state index is 5.42. The van der Waals surface area contributed by atoms with Crippen molar-refractivity contribution in [1.82, 2.24) is 5.32 Å². The van der Waals surface area contributed by atoms with Gasteiger partial charge in [-0.05, 0) is 60.0 Å². The van der Waals surface area contributed by atoms with Gasteiger partial charge in [-0.2, -0.15) is 11.3 Å². The van der Waals surface area contributed by atoms with Crippen molar-refractivity contribution in [3.63, 3.8) is 0 Å². The molecule has 0 radical (unpaired) electrons. The Morgan fingerprint density at radius 2 is 1.83 bits per heavy atom. The van der Waals surface area contributed by atoms with E-state index in [0.717, 1.165) is 5.75 Å². The first kappa shape index (κ1) is 13.1. The lowest BCUT2D eigenvalue weighted by molar-refractivity contribution is 0.408. The minimum atomic E-state index is 0.250. The van der Waals surface area contributed by atoms with E-state index in [1.807, 2.05) is 7.05 Å². The van der Waals surface area contributed by atoms with Crippen molar-refractivity contribution in [3.8, 4) is 5.75 Å². The lowest BCUT2D eigenvalue weighted by atomic mass is 9.97. The smallest absolute Gasteiger partial charge is 0.124 e. The van der Waals surface area contributed by atoms with Crippen molar-refractivity contribution < 1.29 is 4.74 Å². The molecule has 2 aromatic rings. The normalized spacial score (nSPS) is 12.4. The first-order valence-corrected chi connectivity index (χ1v) is 6.96. The quantitative estimate of drug-likeness (QED) is 0.906. The minimum Gasteiger partial charge on any atom is -0.496 e. The highest BCUT2D eigenvalue weighted by Crippen LogP contribution is 2.30. The van der Waals surface area contributed by atoms with Gasteiger partial charge in [0.25, 0.3) is 0 Å². The lowest BCUT2D eigenvalue weighted by Gasteiger charge is -2.18. The van der Waals surface area contributed by atoms with Crippen LogP contribution in [0.25, 0.3) is 0 Å². The zero-order chi connectivity index (χ0) is 13.1. The molecule has 2 rings (SSSR count). The highest BCUT2D eigenvalue weighted by atomic mass is 32.1. The van der Waals surface area contributed by atoms with Crippen molar-refractivity contribution in [2.24, 2.45) is 0 Å². The van der Waals surface area contributed by atoms with Crippen molar-refractivity contribution in [2.75, 3.05) is 14.2 Å². The second kappa shape index (κ2) is 5.55. The van der Waals surface area contributed by atoms with Gasteiger partial charge in [0.05, 0.1) is 13.2 Å². The summed E-state index contributed by atoms with van der Waals surface area (Å²) < 4.78 is 5.42. The Kier molecular flexibility index (Phi) is 4.04. The molecule has 0 saturated heterocycles. The van der Waals surface area contributed by atoms with Gasteiger partial charge in [0, 0.05) is 0 Å². The molecule has 96 valence electrons. The van der Waals surface area contributed by atoms with Crippen LogP contribution in [0.15, 0.2) is 29.0 Å². The molecule has 1 N–H and O–H groups in total. The van der Waals surface area contributed by atoms with Gasteiger partial charge in [0.2, 0.25) is 0 Å². The molecule has 1 unspecified atom stereocenters. The molecule has 0 bridgehead atoms. The molecular weight excluding hydrogens is 242 g/mol. The van der Waals surface area contributed by atoms with Crippen LogP contribution < -0.4 is 10.1 Å². The van der Waals surface area contributed by atoms with Crippen LogP contribution in [0.5, 0.6) is 5.75 Å². The number of benzene rings is 1. The number of hydrogen-bond acceptors (Lipinski definition) is 3. The van der Waals surface area contributed by atoms with Crippen LogP contribution >= 0.6 is 11.3 Å². The summed E-state index contributed by atoms with van der Waals surface area (Å²) in [5, 5.41) is 7.68. The van der Waals surface area contributed by atoms with Gasteiger partial charge in [-0.3, -0.25) is 0 Å². The summed E-state index contributed by atoms with van der Waals surface area (Å²) in [6, 6.07) is 6.82. The van der Waals surface area contributed by atoms with Gasteiger partial charge in [-0.15, -0.1) is 0 Å². The Morgan fingerprint density at radius 3 is 2.28 bits per heavy atom. The molecule has 0 spiro atoms.